The van der Waals surface area contributed by atoms with Crippen molar-refractivity contribution in [3.8, 4) is 11.5 Å². The molecule has 8 nitrogen and oxygen atoms in total. The Bertz CT molecular complexity index is 939. The minimum absolute atomic E-state index is 0.118. The quantitative estimate of drug-likeness (QED) is 0.218. The van der Waals surface area contributed by atoms with E-state index < -0.39 is 5.79 Å². The van der Waals surface area contributed by atoms with Crippen molar-refractivity contribution in [3.63, 3.8) is 0 Å². The van der Waals surface area contributed by atoms with Gasteiger partial charge in [0.1, 0.15) is 0 Å². The van der Waals surface area contributed by atoms with Gasteiger partial charge in [0.2, 0.25) is 12.6 Å². The Morgan fingerprint density at radius 1 is 1.06 bits per heavy atom. The number of ether oxygens (including phenoxy) is 2. The first kappa shape index (κ1) is 26.8. The molecule has 2 heterocycles. The molecule has 0 spiro atoms. The molecule has 32 heavy (non-hydrogen) atoms. The summed E-state index contributed by atoms with van der Waals surface area (Å²) in [5, 5.41) is 20.8. The molecule has 4 rings (SSSR count). The van der Waals surface area contributed by atoms with Crippen LogP contribution < -0.4 is 20.1 Å². The Hall–Kier alpha value is -1.48. The van der Waals surface area contributed by atoms with E-state index in [0.717, 1.165) is 50.4 Å². The number of fused-ring (bicyclic) bond motifs is 2. The van der Waals surface area contributed by atoms with Crippen molar-refractivity contribution in [2.75, 3.05) is 33.1 Å². The van der Waals surface area contributed by atoms with E-state index in [1.165, 1.54) is 12.7 Å². The summed E-state index contributed by atoms with van der Waals surface area (Å²) in [4.78, 5) is 22.5. The molecule has 1 unspecified atom stereocenters. The van der Waals surface area contributed by atoms with Crippen molar-refractivity contribution in [1.29, 1.82) is 0 Å². The van der Waals surface area contributed by atoms with Gasteiger partial charge in [-0.3, -0.25) is 9.59 Å². The smallest absolute Gasteiger partial charge is 0.367 e. The van der Waals surface area contributed by atoms with Crippen LogP contribution in [0.2, 0.25) is 0 Å². The normalized spacial score (nSPS) is 17.0. The van der Waals surface area contributed by atoms with Gasteiger partial charge in [0.15, 0.2) is 11.5 Å². The molecule has 0 saturated heterocycles. The maximum absolute atomic E-state index is 11.3. The summed E-state index contributed by atoms with van der Waals surface area (Å²) >= 11 is 4.70. The fraction of sp³-hybridized carbons (Fsp3) is 0.364. The summed E-state index contributed by atoms with van der Waals surface area (Å²) in [6, 6.07) is 8.30. The van der Waals surface area contributed by atoms with Crippen molar-refractivity contribution in [1.82, 2.24) is 5.32 Å². The van der Waals surface area contributed by atoms with Crippen LogP contribution in [0.3, 0.4) is 0 Å². The van der Waals surface area contributed by atoms with Crippen molar-refractivity contribution < 1.29 is 29.3 Å². The van der Waals surface area contributed by atoms with Crippen molar-refractivity contribution in [3.05, 3.63) is 48.1 Å². The number of hydrogen-bond acceptors (Lipinski definition) is 8. The zero-order chi connectivity index (χ0) is 23.9. The van der Waals surface area contributed by atoms with Gasteiger partial charge in [0.05, 0.1) is 5.69 Å². The van der Waals surface area contributed by atoms with Crippen molar-refractivity contribution >= 4 is 63.4 Å². The molecule has 2 aromatic rings. The topological polar surface area (TPSA) is 117 Å². The first-order valence-corrected chi connectivity index (χ1v) is 11.9. The molecule has 0 amide bonds. The lowest BCUT2D eigenvalue weighted by Gasteiger charge is -2.27. The molecule has 2 aliphatic rings. The average Bonchev–Trinajstić information content (AvgIpc) is 3.19. The zero-order valence-corrected chi connectivity index (χ0v) is 22.3. The number of benzene rings is 2. The fourth-order valence-corrected chi connectivity index (χ4v) is 6.13. The highest BCUT2D eigenvalue weighted by Crippen LogP contribution is 2.43. The molecular formula is C22H26I2N2O6. The number of carbonyl (C=O) groups excluding carboxylic acids is 2. The monoisotopic (exact) mass is 668 g/mol. The van der Waals surface area contributed by atoms with E-state index >= 15 is 0 Å². The third-order valence-corrected chi connectivity index (χ3v) is 6.73. The lowest BCUT2D eigenvalue weighted by atomic mass is 9.90. The minimum atomic E-state index is -1.86. The second-order valence-electron chi connectivity index (χ2n) is 6.80. The fourth-order valence-electron chi connectivity index (χ4n) is 3.70. The molecule has 10 heteroatoms. The predicted octanol–water partition coefficient (Wildman–Crippen LogP) is 2.45. The number of carbonyl (C=O) groups is 2. The highest BCUT2D eigenvalue weighted by molar-refractivity contribution is 14.1. The van der Waals surface area contributed by atoms with Crippen molar-refractivity contribution in [2.45, 2.75) is 24.7 Å². The van der Waals surface area contributed by atoms with Gasteiger partial charge in [-0.05, 0) is 106 Å². The van der Waals surface area contributed by atoms with Crippen LogP contribution in [0.4, 0.5) is 5.69 Å². The molecule has 0 bridgehead atoms. The van der Waals surface area contributed by atoms with E-state index in [1.807, 2.05) is 19.2 Å². The first-order chi connectivity index (χ1) is 15.5. The molecule has 0 saturated carbocycles. The zero-order valence-electron chi connectivity index (χ0n) is 17.9. The summed E-state index contributed by atoms with van der Waals surface area (Å²) in [7, 11) is 3.93. The molecule has 4 N–H and O–H groups in total. The largest absolute Gasteiger partial charge is 0.436 e. The molecule has 0 aliphatic carbocycles. The Balaban J connectivity index is 0.000000860. The van der Waals surface area contributed by atoms with Gasteiger partial charge in [0.25, 0.3) is 0 Å². The van der Waals surface area contributed by atoms with E-state index in [9.17, 15) is 9.59 Å². The Morgan fingerprint density at radius 2 is 1.62 bits per heavy atom. The van der Waals surface area contributed by atoms with Gasteiger partial charge in [-0.25, -0.2) is 0 Å². The van der Waals surface area contributed by atoms with E-state index in [-0.39, 0.29) is 6.04 Å². The number of aliphatic hydroxyl groups is 2. The minimum Gasteiger partial charge on any atom is -0.436 e. The maximum atomic E-state index is 11.3. The SMILES string of the molecule is CNc1c(I)cc(CC2NCCc3cc4c(cc32)OC(C=O)(C=O)O4)cc1I.CO.CO. The molecular weight excluding hydrogens is 642 g/mol. The van der Waals surface area contributed by atoms with Gasteiger partial charge < -0.3 is 30.3 Å². The number of nitrogens with one attached hydrogen (secondary N) is 2. The molecule has 0 aromatic heterocycles. The van der Waals surface area contributed by atoms with Crippen molar-refractivity contribution in [2.24, 2.45) is 0 Å². The van der Waals surface area contributed by atoms with Gasteiger partial charge >= 0.3 is 5.79 Å². The number of halogens is 2. The van der Waals surface area contributed by atoms with Crippen LogP contribution in [0.1, 0.15) is 22.7 Å². The Morgan fingerprint density at radius 3 is 2.16 bits per heavy atom. The third-order valence-electron chi connectivity index (χ3n) is 5.03. The Labute approximate surface area is 214 Å². The van der Waals surface area contributed by atoms with Gasteiger partial charge in [-0.15, -0.1) is 0 Å². The summed E-state index contributed by atoms with van der Waals surface area (Å²) in [6.07, 6.45) is 2.46. The average molecular weight is 668 g/mol. The highest BCUT2D eigenvalue weighted by Gasteiger charge is 2.42. The van der Waals surface area contributed by atoms with Crippen LogP contribution in [-0.4, -0.2) is 56.4 Å². The van der Waals surface area contributed by atoms with Gasteiger partial charge in [-0.1, -0.05) is 0 Å². The Kier molecular flexibility index (Phi) is 10.1. The second-order valence-corrected chi connectivity index (χ2v) is 9.13. The van der Waals surface area contributed by atoms with Crippen LogP contribution in [0, 0.1) is 7.14 Å². The third kappa shape index (κ3) is 5.53. The van der Waals surface area contributed by atoms with E-state index in [0.29, 0.717) is 24.1 Å². The van der Waals surface area contributed by atoms with Gasteiger partial charge in [0, 0.05) is 34.4 Å². The van der Waals surface area contributed by atoms with E-state index in [1.54, 1.807) is 0 Å². The maximum Gasteiger partial charge on any atom is 0.367 e. The number of rotatable bonds is 5. The molecule has 2 aliphatic heterocycles. The van der Waals surface area contributed by atoms with Crippen LogP contribution >= 0.6 is 45.2 Å². The van der Waals surface area contributed by atoms with E-state index in [4.69, 9.17) is 19.7 Å². The lowest BCUT2D eigenvalue weighted by molar-refractivity contribution is -0.150. The molecule has 2 aromatic carbocycles. The predicted molar refractivity (Wildman–Crippen MR) is 138 cm³/mol. The highest BCUT2D eigenvalue weighted by atomic mass is 127. The van der Waals surface area contributed by atoms with Crippen LogP contribution in [0.15, 0.2) is 24.3 Å². The van der Waals surface area contributed by atoms with Crippen LogP contribution in [0.5, 0.6) is 11.5 Å². The van der Waals surface area contributed by atoms with Gasteiger partial charge in [-0.2, -0.15) is 0 Å². The van der Waals surface area contributed by atoms with Crippen LogP contribution in [0.25, 0.3) is 0 Å². The van der Waals surface area contributed by atoms with Crippen LogP contribution in [-0.2, 0) is 22.4 Å². The lowest BCUT2D eigenvalue weighted by Crippen LogP contribution is -2.42. The number of aliphatic hydroxyl groups excluding tert-OH is 2. The number of anilines is 1. The molecule has 0 radical (unpaired) electrons. The molecule has 0 fully saturated rings. The standard InChI is InChI=1S/C20H18I2N2O4.2CH4O/c1-23-19-14(21)4-11(5-15(19)22)6-16-13-8-18-17(7-12(13)2-3-24-16)27-20(9-25,10-26)28-18;2*1-2/h4-5,7-10,16,23-24H,2-3,6H2,1H3;2*2H,1H3. The molecule has 1 atom stereocenters. The summed E-state index contributed by atoms with van der Waals surface area (Å²) in [5.41, 5.74) is 4.65. The number of aldehydes is 2. The summed E-state index contributed by atoms with van der Waals surface area (Å²) in [6.45, 7) is 0.854. The number of hydrogen-bond donors (Lipinski definition) is 4. The molecule has 174 valence electrons. The second kappa shape index (κ2) is 12.1. The summed E-state index contributed by atoms with van der Waals surface area (Å²) < 4.78 is 13.4. The summed E-state index contributed by atoms with van der Waals surface area (Å²) in [5.74, 6) is -0.979. The first-order valence-electron chi connectivity index (χ1n) is 9.74. The van der Waals surface area contributed by atoms with E-state index in [2.05, 4.69) is 67.9 Å².